The van der Waals surface area contributed by atoms with Crippen molar-refractivity contribution >= 4 is 0 Å². The number of rotatable bonds is 16. The van der Waals surface area contributed by atoms with Crippen molar-refractivity contribution in [2.24, 2.45) is 17.8 Å². The zero-order valence-corrected chi connectivity index (χ0v) is 23.8. The summed E-state index contributed by atoms with van der Waals surface area (Å²) in [4.78, 5) is 25.9. The lowest BCUT2D eigenvalue weighted by Crippen LogP contribution is -2.51. The molecule has 1 saturated heterocycles. The number of nitrogens with zero attached hydrogens (tertiary/aromatic N) is 1. The Morgan fingerprint density at radius 1 is 1.08 bits per heavy atom. The van der Waals surface area contributed by atoms with Crippen molar-refractivity contribution in [3.05, 3.63) is 44.5 Å². The van der Waals surface area contributed by atoms with E-state index >= 15 is 0 Å². The second-order valence-corrected chi connectivity index (χ2v) is 11.8. The van der Waals surface area contributed by atoms with Crippen molar-refractivity contribution < 1.29 is 24.4 Å². The average Bonchev–Trinajstić information content (AvgIpc) is 3.10. The Hall–Kier alpha value is -1.81. The maximum Gasteiger partial charge on any atom is 0.330 e. The summed E-state index contributed by atoms with van der Waals surface area (Å²) in [6.45, 7) is 10.5. The van der Waals surface area contributed by atoms with Crippen molar-refractivity contribution in [1.29, 1.82) is 0 Å². The largest absolute Gasteiger partial charge is 0.394 e. The third kappa shape index (κ3) is 8.86. The van der Waals surface area contributed by atoms with Gasteiger partial charge in [0.15, 0.2) is 5.72 Å². The summed E-state index contributed by atoms with van der Waals surface area (Å²) < 4.78 is 20.6. The predicted octanol–water partition coefficient (Wildman–Crippen LogP) is 4.22. The van der Waals surface area contributed by atoms with E-state index < -0.39 is 47.7 Å². The van der Waals surface area contributed by atoms with Crippen LogP contribution in [0.15, 0.2) is 27.4 Å². The highest BCUT2D eigenvalue weighted by Crippen LogP contribution is 2.38. The number of nitrogens with one attached hydrogen (secondary N) is 1. The lowest BCUT2D eigenvalue weighted by Gasteiger charge is -2.33. The number of aromatic nitrogens is 2. The van der Waals surface area contributed by atoms with Crippen molar-refractivity contribution in [3.8, 4) is 0 Å². The zero-order chi connectivity index (χ0) is 28.5. The normalized spacial score (nSPS) is 25.7. The Bertz CT molecular complexity index is 1010. The van der Waals surface area contributed by atoms with Crippen LogP contribution in [0, 0.1) is 23.6 Å². The van der Waals surface area contributed by atoms with Crippen LogP contribution in [0.1, 0.15) is 98.8 Å². The van der Waals surface area contributed by atoms with Gasteiger partial charge in [-0.3, -0.25) is 14.3 Å². The summed E-state index contributed by atoms with van der Waals surface area (Å²) >= 11 is 0. The van der Waals surface area contributed by atoms with Crippen LogP contribution in [0.5, 0.6) is 0 Å². The molecule has 0 aromatic carbocycles. The van der Waals surface area contributed by atoms with Gasteiger partial charge in [-0.05, 0) is 37.5 Å². The molecule has 1 aromatic rings. The molecule has 1 aliphatic heterocycles. The van der Waals surface area contributed by atoms with Gasteiger partial charge < -0.3 is 20.1 Å². The van der Waals surface area contributed by atoms with Gasteiger partial charge in [-0.2, -0.15) is 4.39 Å². The summed E-state index contributed by atoms with van der Waals surface area (Å²) in [6, 6.07) is 0. The van der Waals surface area contributed by atoms with E-state index in [1.807, 2.05) is 11.9 Å². The number of hydrogen-bond donors (Lipinski definition) is 4. The van der Waals surface area contributed by atoms with Crippen molar-refractivity contribution in [2.75, 3.05) is 6.61 Å². The molecule has 0 bridgehead atoms. The topological polar surface area (TPSA) is 125 Å². The van der Waals surface area contributed by atoms with Gasteiger partial charge >= 0.3 is 5.69 Å². The monoisotopic (exact) mass is 540 g/mol. The standard InChI is InChI=1S/C29H49FN2O6/c1-19(2)9-6-10-20(3)11-7-12-21(4)13-8-14-22(5)15-16-29(26(35)25(34)24(18-33)38-29)32-17-23(30)27(36)31-28(32)37/h15,17,19-21,24-26,33-35H,6-14,16,18H2,1-5H3,(H,31,36,37)/b22-15+/t20-,21-,24-,25-,26-,29-/m1/s1. The highest BCUT2D eigenvalue weighted by molar-refractivity contribution is 5.08. The van der Waals surface area contributed by atoms with Gasteiger partial charge in [0, 0.05) is 6.42 Å². The molecule has 0 radical (unpaired) electrons. The van der Waals surface area contributed by atoms with Crippen LogP contribution in [-0.4, -0.2) is 49.8 Å². The molecule has 2 heterocycles. The summed E-state index contributed by atoms with van der Waals surface area (Å²) in [5, 5.41) is 30.7. The smallest absolute Gasteiger partial charge is 0.330 e. The fraction of sp³-hybridized carbons (Fsp3) is 0.793. The lowest BCUT2D eigenvalue weighted by molar-refractivity contribution is -0.148. The number of aromatic amines is 1. The van der Waals surface area contributed by atoms with Crippen LogP contribution in [0.25, 0.3) is 0 Å². The SMILES string of the molecule is C/C(=C\C[C@@]1(n2cc(F)c(=O)[nH]c2=O)O[C@H](CO)[C@@H](O)[C@H]1O)CCC[C@H](C)CCC[C@H](C)CCCC(C)C. The molecule has 38 heavy (non-hydrogen) atoms. The zero-order valence-electron chi connectivity index (χ0n) is 23.8. The van der Waals surface area contributed by atoms with Crippen molar-refractivity contribution in [3.63, 3.8) is 0 Å². The first-order valence-corrected chi connectivity index (χ1v) is 14.2. The highest BCUT2D eigenvalue weighted by Gasteiger charge is 2.55. The maximum absolute atomic E-state index is 14.1. The second-order valence-electron chi connectivity index (χ2n) is 11.8. The minimum atomic E-state index is -1.87. The van der Waals surface area contributed by atoms with Crippen LogP contribution in [-0.2, 0) is 10.5 Å². The minimum absolute atomic E-state index is 0.0524. The highest BCUT2D eigenvalue weighted by atomic mass is 19.1. The molecule has 0 amide bonds. The lowest BCUT2D eigenvalue weighted by atomic mass is 9.91. The summed E-state index contributed by atoms with van der Waals surface area (Å²) in [5.74, 6) is 0.959. The van der Waals surface area contributed by atoms with Crippen LogP contribution in [0.3, 0.4) is 0 Å². The van der Waals surface area contributed by atoms with E-state index in [1.54, 1.807) is 6.08 Å². The minimum Gasteiger partial charge on any atom is -0.394 e. The van der Waals surface area contributed by atoms with Gasteiger partial charge in [-0.25, -0.2) is 4.79 Å². The summed E-state index contributed by atoms with van der Waals surface area (Å²) in [6.07, 6.45) is 8.68. The van der Waals surface area contributed by atoms with Gasteiger partial charge in [0.2, 0.25) is 5.82 Å². The Morgan fingerprint density at radius 2 is 1.66 bits per heavy atom. The number of H-pyrrole nitrogens is 1. The third-order valence-electron chi connectivity index (χ3n) is 7.89. The Labute approximate surface area is 225 Å². The van der Waals surface area contributed by atoms with Crippen LogP contribution in [0.4, 0.5) is 4.39 Å². The fourth-order valence-corrected chi connectivity index (χ4v) is 5.34. The molecule has 0 aliphatic carbocycles. The van der Waals surface area contributed by atoms with E-state index in [4.69, 9.17) is 4.74 Å². The molecule has 4 N–H and O–H groups in total. The second kappa shape index (κ2) is 15.1. The average molecular weight is 541 g/mol. The van der Waals surface area contributed by atoms with E-state index in [0.717, 1.165) is 41.2 Å². The molecule has 0 unspecified atom stereocenters. The number of halogens is 1. The number of hydrogen-bond acceptors (Lipinski definition) is 6. The molecule has 1 aliphatic rings. The molecule has 9 heteroatoms. The van der Waals surface area contributed by atoms with Gasteiger partial charge in [0.25, 0.3) is 5.56 Å². The molecule has 218 valence electrons. The van der Waals surface area contributed by atoms with Crippen LogP contribution >= 0.6 is 0 Å². The van der Waals surface area contributed by atoms with E-state index in [9.17, 15) is 29.3 Å². The Kier molecular flexibility index (Phi) is 12.9. The van der Waals surface area contributed by atoms with Crippen LogP contribution in [0.2, 0.25) is 0 Å². The molecule has 1 aromatic heterocycles. The summed E-state index contributed by atoms with van der Waals surface area (Å²) in [5.41, 5.74) is -3.02. The van der Waals surface area contributed by atoms with E-state index in [-0.39, 0.29) is 6.42 Å². The molecule has 0 saturated carbocycles. The number of allylic oxidation sites excluding steroid dienone is 1. The van der Waals surface area contributed by atoms with Crippen molar-refractivity contribution in [1.82, 2.24) is 9.55 Å². The number of aliphatic hydroxyl groups excluding tert-OH is 3. The Morgan fingerprint density at radius 3 is 2.21 bits per heavy atom. The summed E-state index contributed by atoms with van der Waals surface area (Å²) in [7, 11) is 0. The molecule has 8 nitrogen and oxygen atoms in total. The molecule has 2 rings (SSSR count). The van der Waals surface area contributed by atoms with E-state index in [2.05, 4.69) is 27.7 Å². The van der Waals surface area contributed by atoms with Gasteiger partial charge in [-0.15, -0.1) is 0 Å². The number of ether oxygens (including phenoxy) is 1. The predicted molar refractivity (Wildman–Crippen MR) is 146 cm³/mol. The van der Waals surface area contributed by atoms with Crippen molar-refractivity contribution in [2.45, 2.75) is 123 Å². The van der Waals surface area contributed by atoms with E-state index in [0.29, 0.717) is 12.1 Å². The Balaban J connectivity index is 1.94. The first-order valence-electron chi connectivity index (χ1n) is 14.2. The van der Waals surface area contributed by atoms with Gasteiger partial charge in [0.05, 0.1) is 12.8 Å². The maximum atomic E-state index is 14.1. The van der Waals surface area contributed by atoms with Gasteiger partial charge in [0.1, 0.15) is 18.3 Å². The molecule has 6 atom stereocenters. The number of aliphatic hydroxyl groups is 3. The quantitative estimate of drug-likeness (QED) is 0.233. The molecular formula is C29H49FN2O6. The molecule has 1 fully saturated rings. The first kappa shape index (κ1) is 32.4. The van der Waals surface area contributed by atoms with E-state index in [1.165, 1.54) is 38.5 Å². The fourth-order valence-electron chi connectivity index (χ4n) is 5.34. The van der Waals surface area contributed by atoms with Gasteiger partial charge in [-0.1, -0.05) is 84.3 Å². The van der Waals surface area contributed by atoms with Crippen LogP contribution < -0.4 is 11.2 Å². The third-order valence-corrected chi connectivity index (χ3v) is 7.89. The molecular weight excluding hydrogens is 491 g/mol. The first-order chi connectivity index (χ1) is 17.9. The molecule has 0 spiro atoms.